The lowest BCUT2D eigenvalue weighted by molar-refractivity contribution is -0.0441. The standard InChI is InChI=1S/C12H24O2/c1-3-6-9(2)11(13)12(14)10-7-4-5-8-10/h9-14H,3-8H2,1-2H3. The molecule has 3 atom stereocenters. The van der Waals surface area contributed by atoms with Crippen LogP contribution in [0.5, 0.6) is 0 Å². The minimum Gasteiger partial charge on any atom is -0.390 e. The number of hydrogen-bond acceptors (Lipinski definition) is 2. The molecule has 0 aliphatic heterocycles. The Morgan fingerprint density at radius 1 is 1.21 bits per heavy atom. The molecule has 0 bridgehead atoms. The van der Waals surface area contributed by atoms with E-state index >= 15 is 0 Å². The summed E-state index contributed by atoms with van der Waals surface area (Å²) >= 11 is 0. The minimum atomic E-state index is -0.516. The Balaban J connectivity index is 2.37. The Hall–Kier alpha value is -0.0800. The highest BCUT2D eigenvalue weighted by molar-refractivity contribution is 4.82. The van der Waals surface area contributed by atoms with E-state index in [2.05, 4.69) is 6.92 Å². The van der Waals surface area contributed by atoms with Gasteiger partial charge < -0.3 is 10.2 Å². The normalized spacial score (nSPS) is 24.9. The van der Waals surface area contributed by atoms with Crippen LogP contribution in [0.25, 0.3) is 0 Å². The highest BCUT2D eigenvalue weighted by Crippen LogP contribution is 2.31. The van der Waals surface area contributed by atoms with Crippen molar-refractivity contribution in [2.75, 3.05) is 0 Å². The van der Waals surface area contributed by atoms with Crippen LogP contribution in [-0.4, -0.2) is 22.4 Å². The van der Waals surface area contributed by atoms with E-state index in [1.807, 2.05) is 6.92 Å². The summed E-state index contributed by atoms with van der Waals surface area (Å²) in [7, 11) is 0. The average Bonchev–Trinajstić information content (AvgIpc) is 2.68. The molecule has 0 aromatic heterocycles. The van der Waals surface area contributed by atoms with Crippen LogP contribution in [0.15, 0.2) is 0 Å². The van der Waals surface area contributed by atoms with Crippen LogP contribution in [0.1, 0.15) is 52.4 Å². The van der Waals surface area contributed by atoms with Crippen LogP contribution in [0.2, 0.25) is 0 Å². The monoisotopic (exact) mass is 200 g/mol. The van der Waals surface area contributed by atoms with E-state index in [1.165, 1.54) is 12.8 Å². The zero-order valence-electron chi connectivity index (χ0n) is 9.45. The molecular weight excluding hydrogens is 176 g/mol. The van der Waals surface area contributed by atoms with Gasteiger partial charge in [0, 0.05) is 0 Å². The second-order valence-electron chi connectivity index (χ2n) is 4.79. The fraction of sp³-hybridized carbons (Fsp3) is 1.00. The summed E-state index contributed by atoms with van der Waals surface area (Å²) in [5.41, 5.74) is 0. The molecule has 0 aromatic carbocycles. The zero-order valence-corrected chi connectivity index (χ0v) is 9.45. The summed E-state index contributed by atoms with van der Waals surface area (Å²) in [6.45, 7) is 4.15. The molecule has 2 nitrogen and oxygen atoms in total. The van der Waals surface area contributed by atoms with Crippen LogP contribution < -0.4 is 0 Å². The van der Waals surface area contributed by atoms with Crippen molar-refractivity contribution < 1.29 is 10.2 Å². The third-order valence-corrected chi connectivity index (χ3v) is 3.56. The average molecular weight is 200 g/mol. The second-order valence-corrected chi connectivity index (χ2v) is 4.79. The Bertz CT molecular complexity index is 152. The Labute approximate surface area is 87.3 Å². The Kier molecular flexibility index (Phi) is 4.90. The summed E-state index contributed by atoms with van der Waals surface area (Å²) in [6, 6.07) is 0. The molecule has 1 rings (SSSR count). The van der Waals surface area contributed by atoms with Crippen molar-refractivity contribution in [2.45, 2.75) is 64.6 Å². The van der Waals surface area contributed by atoms with E-state index in [0.29, 0.717) is 5.92 Å². The van der Waals surface area contributed by atoms with Gasteiger partial charge in [-0.25, -0.2) is 0 Å². The molecule has 1 aliphatic carbocycles. The molecule has 0 radical (unpaired) electrons. The van der Waals surface area contributed by atoms with Crippen LogP contribution >= 0.6 is 0 Å². The molecule has 1 saturated carbocycles. The van der Waals surface area contributed by atoms with Crippen LogP contribution in [-0.2, 0) is 0 Å². The van der Waals surface area contributed by atoms with Crippen molar-refractivity contribution >= 4 is 0 Å². The van der Waals surface area contributed by atoms with E-state index in [0.717, 1.165) is 25.7 Å². The molecule has 0 saturated heterocycles. The van der Waals surface area contributed by atoms with Gasteiger partial charge in [0.2, 0.25) is 0 Å². The van der Waals surface area contributed by atoms with E-state index in [-0.39, 0.29) is 5.92 Å². The van der Waals surface area contributed by atoms with E-state index in [1.54, 1.807) is 0 Å². The largest absolute Gasteiger partial charge is 0.390 e. The molecule has 2 N–H and O–H groups in total. The van der Waals surface area contributed by atoms with Gasteiger partial charge in [0.25, 0.3) is 0 Å². The van der Waals surface area contributed by atoms with E-state index in [9.17, 15) is 10.2 Å². The lowest BCUT2D eigenvalue weighted by atomic mass is 9.88. The van der Waals surface area contributed by atoms with Gasteiger partial charge in [-0.05, 0) is 31.1 Å². The predicted molar refractivity (Wildman–Crippen MR) is 58.0 cm³/mol. The summed E-state index contributed by atoms with van der Waals surface area (Å²) in [4.78, 5) is 0. The minimum absolute atomic E-state index is 0.232. The first-order valence-electron chi connectivity index (χ1n) is 6.03. The van der Waals surface area contributed by atoms with Crippen molar-refractivity contribution in [3.8, 4) is 0 Å². The molecule has 0 spiro atoms. The summed E-state index contributed by atoms with van der Waals surface area (Å²) in [5, 5.41) is 19.9. The maximum absolute atomic E-state index is 9.96. The third-order valence-electron chi connectivity index (χ3n) is 3.56. The first-order valence-corrected chi connectivity index (χ1v) is 6.03. The van der Waals surface area contributed by atoms with Gasteiger partial charge >= 0.3 is 0 Å². The lowest BCUT2D eigenvalue weighted by Crippen LogP contribution is -2.36. The van der Waals surface area contributed by atoms with Gasteiger partial charge in [0.1, 0.15) is 0 Å². The van der Waals surface area contributed by atoms with Crippen LogP contribution in [0.4, 0.5) is 0 Å². The fourth-order valence-electron chi connectivity index (χ4n) is 2.54. The smallest absolute Gasteiger partial charge is 0.0829 e. The van der Waals surface area contributed by atoms with Gasteiger partial charge in [-0.15, -0.1) is 0 Å². The van der Waals surface area contributed by atoms with Crippen molar-refractivity contribution in [1.82, 2.24) is 0 Å². The van der Waals surface area contributed by atoms with Gasteiger partial charge in [-0.1, -0.05) is 33.1 Å². The second kappa shape index (κ2) is 5.72. The maximum Gasteiger partial charge on any atom is 0.0829 e. The SMILES string of the molecule is CCCC(C)C(O)C(O)C1CCCC1. The molecule has 1 fully saturated rings. The van der Waals surface area contributed by atoms with E-state index < -0.39 is 12.2 Å². The van der Waals surface area contributed by atoms with Gasteiger partial charge in [-0.2, -0.15) is 0 Å². The van der Waals surface area contributed by atoms with Crippen molar-refractivity contribution in [3.05, 3.63) is 0 Å². The fourth-order valence-corrected chi connectivity index (χ4v) is 2.54. The molecule has 2 heteroatoms. The van der Waals surface area contributed by atoms with Crippen molar-refractivity contribution in [1.29, 1.82) is 0 Å². The summed E-state index contributed by atoms with van der Waals surface area (Å²) in [5.74, 6) is 0.583. The van der Waals surface area contributed by atoms with E-state index in [4.69, 9.17) is 0 Å². The number of aliphatic hydroxyl groups excluding tert-OH is 2. The van der Waals surface area contributed by atoms with Crippen molar-refractivity contribution in [2.24, 2.45) is 11.8 Å². The molecule has 1 aliphatic rings. The first kappa shape index (κ1) is 12.0. The molecule has 0 aromatic rings. The summed E-state index contributed by atoms with van der Waals surface area (Å²) < 4.78 is 0. The molecule has 0 heterocycles. The van der Waals surface area contributed by atoms with Crippen LogP contribution in [0, 0.1) is 11.8 Å². The summed E-state index contributed by atoms with van der Waals surface area (Å²) in [6.07, 6.45) is 5.71. The highest BCUT2D eigenvalue weighted by Gasteiger charge is 2.31. The molecule has 3 unspecified atom stereocenters. The van der Waals surface area contributed by atoms with Crippen molar-refractivity contribution in [3.63, 3.8) is 0 Å². The van der Waals surface area contributed by atoms with Gasteiger partial charge in [-0.3, -0.25) is 0 Å². The predicted octanol–water partition coefficient (Wildman–Crippen LogP) is 2.33. The van der Waals surface area contributed by atoms with Crippen LogP contribution in [0.3, 0.4) is 0 Å². The zero-order chi connectivity index (χ0) is 10.6. The number of hydrogen-bond donors (Lipinski definition) is 2. The molecule has 0 amide bonds. The Morgan fingerprint density at radius 3 is 2.29 bits per heavy atom. The van der Waals surface area contributed by atoms with Gasteiger partial charge in [0.15, 0.2) is 0 Å². The quantitative estimate of drug-likeness (QED) is 0.715. The number of rotatable bonds is 5. The Morgan fingerprint density at radius 2 is 1.79 bits per heavy atom. The highest BCUT2D eigenvalue weighted by atomic mass is 16.3. The lowest BCUT2D eigenvalue weighted by Gasteiger charge is -2.27. The van der Waals surface area contributed by atoms with Gasteiger partial charge in [0.05, 0.1) is 12.2 Å². The molecule has 84 valence electrons. The molecular formula is C12H24O2. The third kappa shape index (κ3) is 2.96. The topological polar surface area (TPSA) is 40.5 Å². The maximum atomic E-state index is 9.96. The first-order chi connectivity index (χ1) is 6.66. The number of aliphatic hydroxyl groups is 2. The molecule has 14 heavy (non-hydrogen) atoms.